The van der Waals surface area contributed by atoms with E-state index in [9.17, 15) is 4.39 Å². The molecule has 6 nitrogen and oxygen atoms in total. The lowest BCUT2D eigenvalue weighted by Gasteiger charge is -2.08. The van der Waals surface area contributed by atoms with Crippen LogP contribution in [0.1, 0.15) is 0 Å². The van der Waals surface area contributed by atoms with Crippen LogP contribution >= 0.6 is 15.9 Å². The van der Waals surface area contributed by atoms with Crippen LogP contribution < -0.4 is 5.32 Å². The average molecular weight is 349 g/mol. The highest BCUT2D eigenvalue weighted by molar-refractivity contribution is 9.10. The highest BCUT2D eigenvalue weighted by atomic mass is 79.9. The number of nitrogens with zero attached hydrogens (tertiary/aromatic N) is 5. The second-order valence-corrected chi connectivity index (χ2v) is 4.96. The normalized spacial score (nSPS) is 10.6. The highest BCUT2D eigenvalue weighted by Gasteiger charge is 2.14. The van der Waals surface area contributed by atoms with Gasteiger partial charge in [0.25, 0.3) is 0 Å². The zero-order valence-corrected chi connectivity index (χ0v) is 12.5. The second kappa shape index (κ2) is 5.57. The lowest BCUT2D eigenvalue weighted by atomic mass is 10.2. The summed E-state index contributed by atoms with van der Waals surface area (Å²) in [4.78, 5) is 16.7. The summed E-state index contributed by atoms with van der Waals surface area (Å²) in [6.45, 7) is 0. The summed E-state index contributed by atoms with van der Waals surface area (Å²) in [5.74, 6) is 0.545. The minimum Gasteiger partial charge on any atom is -0.357 e. The molecule has 0 radical (unpaired) electrons. The summed E-state index contributed by atoms with van der Waals surface area (Å²) in [5, 5.41) is 2.84. The molecule has 2 heterocycles. The van der Waals surface area contributed by atoms with E-state index >= 15 is 0 Å². The average Bonchev–Trinajstić information content (AvgIpc) is 3.04. The van der Waals surface area contributed by atoms with Crippen molar-refractivity contribution in [3.05, 3.63) is 47.2 Å². The number of halogens is 2. The molecular weight excluding hydrogens is 339 g/mol. The van der Waals surface area contributed by atoms with E-state index in [2.05, 4.69) is 41.2 Å². The summed E-state index contributed by atoms with van der Waals surface area (Å²) in [5.41, 5.74) is 0.296. The Bertz CT molecular complexity index is 774. The van der Waals surface area contributed by atoms with Crippen molar-refractivity contribution in [2.75, 3.05) is 12.4 Å². The number of anilines is 1. The summed E-state index contributed by atoms with van der Waals surface area (Å²) >= 11 is 3.16. The lowest BCUT2D eigenvalue weighted by Crippen LogP contribution is -2.07. The lowest BCUT2D eigenvalue weighted by molar-refractivity contribution is 0.623. The van der Waals surface area contributed by atoms with Crippen LogP contribution in [0.4, 0.5) is 10.3 Å². The van der Waals surface area contributed by atoms with Gasteiger partial charge in [-0.3, -0.25) is 4.57 Å². The van der Waals surface area contributed by atoms with Crippen molar-refractivity contribution in [3.8, 4) is 17.3 Å². The van der Waals surface area contributed by atoms with E-state index in [0.717, 1.165) is 0 Å². The molecule has 0 saturated heterocycles. The van der Waals surface area contributed by atoms with Gasteiger partial charge in [-0.1, -0.05) is 6.07 Å². The van der Waals surface area contributed by atoms with Gasteiger partial charge in [0.05, 0.1) is 10.0 Å². The van der Waals surface area contributed by atoms with E-state index in [4.69, 9.17) is 0 Å². The molecule has 3 rings (SSSR count). The molecule has 2 aromatic heterocycles. The zero-order valence-electron chi connectivity index (χ0n) is 11.0. The van der Waals surface area contributed by atoms with Crippen molar-refractivity contribution < 1.29 is 4.39 Å². The molecule has 0 unspecified atom stereocenters. The Kier molecular flexibility index (Phi) is 3.61. The van der Waals surface area contributed by atoms with Gasteiger partial charge in [-0.05, 0) is 28.1 Å². The van der Waals surface area contributed by atoms with Gasteiger partial charge in [-0.2, -0.15) is 15.0 Å². The molecule has 0 saturated carbocycles. The quantitative estimate of drug-likeness (QED) is 0.787. The highest BCUT2D eigenvalue weighted by Crippen LogP contribution is 2.26. The summed E-state index contributed by atoms with van der Waals surface area (Å²) < 4.78 is 16.2. The van der Waals surface area contributed by atoms with E-state index in [1.165, 1.54) is 0 Å². The van der Waals surface area contributed by atoms with Crippen molar-refractivity contribution in [2.45, 2.75) is 0 Å². The molecule has 3 aromatic rings. The Morgan fingerprint density at radius 3 is 2.81 bits per heavy atom. The van der Waals surface area contributed by atoms with E-state index in [0.29, 0.717) is 21.9 Å². The van der Waals surface area contributed by atoms with E-state index in [-0.39, 0.29) is 5.82 Å². The first-order chi connectivity index (χ1) is 10.2. The van der Waals surface area contributed by atoms with Crippen molar-refractivity contribution in [1.29, 1.82) is 0 Å². The van der Waals surface area contributed by atoms with E-state index < -0.39 is 5.82 Å². The maximum atomic E-state index is 14.2. The first kappa shape index (κ1) is 13.6. The number of imidazole rings is 1. The summed E-state index contributed by atoms with van der Waals surface area (Å²) in [6.07, 6.45) is 4.88. The molecule has 0 aliphatic heterocycles. The minimum absolute atomic E-state index is 0.247. The summed E-state index contributed by atoms with van der Waals surface area (Å²) in [6, 6.07) is 4.96. The van der Waals surface area contributed by atoms with Crippen LogP contribution in [0.15, 0.2) is 41.4 Å². The number of hydrogen-bond acceptors (Lipinski definition) is 5. The zero-order chi connectivity index (χ0) is 14.8. The largest absolute Gasteiger partial charge is 0.357 e. The molecule has 106 valence electrons. The van der Waals surface area contributed by atoms with Crippen molar-refractivity contribution in [2.24, 2.45) is 0 Å². The Morgan fingerprint density at radius 2 is 2.10 bits per heavy atom. The Hall–Kier alpha value is -2.35. The van der Waals surface area contributed by atoms with Gasteiger partial charge in [-0.25, -0.2) is 9.37 Å². The molecule has 21 heavy (non-hydrogen) atoms. The van der Waals surface area contributed by atoms with Gasteiger partial charge < -0.3 is 5.32 Å². The van der Waals surface area contributed by atoms with Crippen LogP contribution in [0.2, 0.25) is 0 Å². The Labute approximate surface area is 128 Å². The smallest absolute Gasteiger partial charge is 0.240 e. The molecule has 1 aromatic carbocycles. The predicted molar refractivity (Wildman–Crippen MR) is 79.6 cm³/mol. The van der Waals surface area contributed by atoms with Crippen LogP contribution in [0, 0.1) is 5.82 Å². The van der Waals surface area contributed by atoms with E-state index in [1.807, 2.05) is 0 Å². The van der Waals surface area contributed by atoms with Crippen LogP contribution in [0.25, 0.3) is 17.3 Å². The number of rotatable bonds is 3. The molecule has 0 bridgehead atoms. The molecule has 0 aliphatic carbocycles. The Balaban J connectivity index is 2.18. The molecule has 0 spiro atoms. The third-order valence-electron chi connectivity index (χ3n) is 2.78. The first-order valence-electron chi connectivity index (χ1n) is 6.05. The molecule has 8 heteroatoms. The SMILES string of the molecule is CNc1nc(-c2cccc(Br)c2F)nc(-n2ccnc2)n1. The fraction of sp³-hybridized carbons (Fsp3) is 0.0769. The molecular formula is C13H10BrFN6. The monoisotopic (exact) mass is 348 g/mol. The predicted octanol–water partition coefficient (Wildman–Crippen LogP) is 2.67. The fourth-order valence-electron chi connectivity index (χ4n) is 1.77. The van der Waals surface area contributed by atoms with E-state index in [1.54, 1.807) is 48.5 Å². The van der Waals surface area contributed by atoms with Crippen LogP contribution in [0.5, 0.6) is 0 Å². The second-order valence-electron chi connectivity index (χ2n) is 4.10. The number of aromatic nitrogens is 5. The van der Waals surface area contributed by atoms with Crippen LogP contribution in [0.3, 0.4) is 0 Å². The maximum Gasteiger partial charge on any atom is 0.240 e. The van der Waals surface area contributed by atoms with Crippen LogP contribution in [-0.2, 0) is 0 Å². The first-order valence-corrected chi connectivity index (χ1v) is 6.85. The summed E-state index contributed by atoms with van der Waals surface area (Å²) in [7, 11) is 1.69. The number of hydrogen-bond donors (Lipinski definition) is 1. The van der Waals surface area contributed by atoms with Crippen molar-refractivity contribution in [1.82, 2.24) is 24.5 Å². The molecule has 0 amide bonds. The fourth-order valence-corrected chi connectivity index (χ4v) is 2.13. The molecule has 0 aliphatic rings. The van der Waals surface area contributed by atoms with Gasteiger partial charge in [0.15, 0.2) is 5.82 Å². The number of nitrogens with one attached hydrogen (secondary N) is 1. The van der Waals surface area contributed by atoms with Gasteiger partial charge >= 0.3 is 0 Å². The van der Waals surface area contributed by atoms with Gasteiger partial charge in [0.1, 0.15) is 12.1 Å². The Morgan fingerprint density at radius 1 is 1.24 bits per heavy atom. The van der Waals surface area contributed by atoms with Gasteiger partial charge in [0, 0.05) is 19.4 Å². The molecule has 1 N–H and O–H groups in total. The minimum atomic E-state index is -0.415. The van der Waals surface area contributed by atoms with Crippen molar-refractivity contribution >= 4 is 21.9 Å². The topological polar surface area (TPSA) is 68.5 Å². The third kappa shape index (κ3) is 2.62. The van der Waals surface area contributed by atoms with Gasteiger partial charge in [-0.15, -0.1) is 0 Å². The molecule has 0 atom stereocenters. The van der Waals surface area contributed by atoms with Gasteiger partial charge in [0.2, 0.25) is 11.9 Å². The molecule has 0 fully saturated rings. The van der Waals surface area contributed by atoms with Crippen LogP contribution in [-0.4, -0.2) is 31.6 Å². The third-order valence-corrected chi connectivity index (χ3v) is 3.39. The standard InChI is InChI=1S/C13H10BrFN6/c1-16-12-18-11(8-3-2-4-9(14)10(8)15)19-13(20-12)21-6-5-17-7-21/h2-7H,1H3,(H,16,18,19,20). The number of benzene rings is 1. The van der Waals surface area contributed by atoms with Crippen molar-refractivity contribution in [3.63, 3.8) is 0 Å². The maximum absolute atomic E-state index is 14.2.